The van der Waals surface area contributed by atoms with Crippen molar-refractivity contribution in [1.82, 2.24) is 9.97 Å². The molecule has 3 heterocycles. The molecule has 0 amide bonds. The predicted molar refractivity (Wildman–Crippen MR) is 171 cm³/mol. The third kappa shape index (κ3) is 4.46. The van der Waals surface area contributed by atoms with Crippen molar-refractivity contribution in [2.24, 2.45) is 0 Å². The zero-order valence-electron chi connectivity index (χ0n) is 25.4. The van der Waals surface area contributed by atoms with Crippen molar-refractivity contribution in [3.63, 3.8) is 0 Å². The Labute approximate surface area is 243 Å². The first-order valence-corrected chi connectivity index (χ1v) is 14.4. The summed E-state index contributed by atoms with van der Waals surface area (Å²) >= 11 is 0. The van der Waals surface area contributed by atoms with Crippen molar-refractivity contribution < 1.29 is 5.11 Å². The molecule has 0 spiro atoms. The first-order chi connectivity index (χ1) is 19.3. The number of nitrogens with zero attached hydrogens (tertiary/aromatic N) is 3. The molecule has 2 aromatic heterocycles. The molecule has 208 valence electrons. The quantitative estimate of drug-likeness (QED) is 0.242. The van der Waals surface area contributed by atoms with E-state index >= 15 is 0 Å². The van der Waals surface area contributed by atoms with Gasteiger partial charge in [0.05, 0.1) is 17.1 Å². The van der Waals surface area contributed by atoms with E-state index in [1.807, 2.05) is 12.3 Å². The molecule has 41 heavy (non-hydrogen) atoms. The van der Waals surface area contributed by atoms with Gasteiger partial charge in [-0.1, -0.05) is 104 Å². The van der Waals surface area contributed by atoms with Crippen LogP contribution in [0.25, 0.3) is 22.2 Å². The van der Waals surface area contributed by atoms with Gasteiger partial charge in [0.15, 0.2) is 0 Å². The smallest absolute Gasteiger partial charge is 0.141 e. The second-order valence-corrected chi connectivity index (χ2v) is 13.8. The number of benzene rings is 3. The van der Waals surface area contributed by atoms with E-state index in [0.29, 0.717) is 5.52 Å². The average Bonchev–Trinajstić information content (AvgIpc) is 2.92. The molecule has 4 nitrogen and oxygen atoms in total. The summed E-state index contributed by atoms with van der Waals surface area (Å²) in [5, 5.41) is 11.8. The molecule has 1 aliphatic rings. The largest absolute Gasteiger partial charge is 0.506 e. The van der Waals surface area contributed by atoms with Crippen molar-refractivity contribution in [2.45, 2.75) is 71.6 Å². The molecule has 0 radical (unpaired) electrons. The van der Waals surface area contributed by atoms with Gasteiger partial charge in [0.25, 0.3) is 0 Å². The van der Waals surface area contributed by atoms with Crippen molar-refractivity contribution in [2.75, 3.05) is 4.90 Å². The number of hydrogen-bond acceptors (Lipinski definition) is 4. The number of para-hydroxylation sites is 1. The van der Waals surface area contributed by atoms with E-state index in [-0.39, 0.29) is 22.0 Å². The van der Waals surface area contributed by atoms with Crippen LogP contribution in [-0.4, -0.2) is 15.1 Å². The van der Waals surface area contributed by atoms with E-state index in [0.717, 1.165) is 33.8 Å². The Morgan fingerprint density at radius 2 is 1.46 bits per heavy atom. The molecule has 0 fully saturated rings. The van der Waals surface area contributed by atoms with Gasteiger partial charge in [0.1, 0.15) is 17.1 Å². The fraction of sp³-hybridized carbons (Fsp3) is 0.297. The standard InChI is InChI=1S/C37H39N3O/c1-35(2,3)24-14-20-33(38-22-24)40-30-12-10-9-11-27(30)37(7,8)28-16-13-23(21-31(28)40)29-18-15-25-26(36(4,5)6)17-19-32(41)34(25)39-29/h9-22,41H,1-8H3. The Morgan fingerprint density at radius 3 is 2.15 bits per heavy atom. The molecule has 0 bridgehead atoms. The molecule has 6 rings (SSSR count). The van der Waals surface area contributed by atoms with Crippen molar-refractivity contribution in [3.8, 4) is 17.0 Å². The monoisotopic (exact) mass is 541 g/mol. The lowest BCUT2D eigenvalue weighted by atomic mass is 9.73. The lowest BCUT2D eigenvalue weighted by Crippen LogP contribution is -2.31. The summed E-state index contributed by atoms with van der Waals surface area (Å²) in [7, 11) is 0. The van der Waals surface area contributed by atoms with Gasteiger partial charge in [-0.2, -0.15) is 0 Å². The summed E-state index contributed by atoms with van der Waals surface area (Å²) in [6, 6.07) is 27.5. The van der Waals surface area contributed by atoms with Crippen molar-refractivity contribution in [3.05, 3.63) is 107 Å². The van der Waals surface area contributed by atoms with Crippen LogP contribution in [-0.2, 0) is 16.2 Å². The number of anilines is 3. The highest BCUT2D eigenvalue weighted by molar-refractivity contribution is 5.91. The van der Waals surface area contributed by atoms with Crippen LogP contribution in [0.15, 0.2) is 85.1 Å². The van der Waals surface area contributed by atoms with E-state index in [9.17, 15) is 5.11 Å². The maximum absolute atomic E-state index is 10.8. The third-order valence-electron chi connectivity index (χ3n) is 8.51. The Bertz CT molecular complexity index is 1790. The Hall–Kier alpha value is -4.18. The maximum Gasteiger partial charge on any atom is 0.141 e. The fourth-order valence-corrected chi connectivity index (χ4v) is 6.10. The van der Waals surface area contributed by atoms with Crippen molar-refractivity contribution >= 4 is 28.1 Å². The van der Waals surface area contributed by atoms with Crippen LogP contribution in [0, 0.1) is 0 Å². The lowest BCUT2D eigenvalue weighted by molar-refractivity contribution is 0.479. The number of phenols is 1. The average molecular weight is 542 g/mol. The Balaban J connectivity index is 1.55. The molecule has 0 saturated carbocycles. The number of aromatic nitrogens is 2. The third-order valence-corrected chi connectivity index (χ3v) is 8.51. The van der Waals surface area contributed by atoms with E-state index in [2.05, 4.69) is 127 Å². The zero-order valence-corrected chi connectivity index (χ0v) is 25.4. The van der Waals surface area contributed by atoms with Gasteiger partial charge in [-0.3, -0.25) is 4.90 Å². The number of pyridine rings is 2. The van der Waals surface area contributed by atoms with E-state index in [1.165, 1.54) is 22.3 Å². The van der Waals surface area contributed by atoms with Gasteiger partial charge in [0.2, 0.25) is 0 Å². The second-order valence-electron chi connectivity index (χ2n) is 13.8. The normalized spacial score (nSPS) is 14.6. The predicted octanol–water partition coefficient (Wildman–Crippen LogP) is 9.71. The summed E-state index contributed by atoms with van der Waals surface area (Å²) in [5.74, 6) is 1.09. The molecule has 0 atom stereocenters. The highest BCUT2D eigenvalue weighted by Gasteiger charge is 2.37. The van der Waals surface area contributed by atoms with Gasteiger partial charge in [-0.15, -0.1) is 0 Å². The van der Waals surface area contributed by atoms with Crippen LogP contribution in [0.2, 0.25) is 0 Å². The minimum absolute atomic E-state index is 0.0264. The molecule has 4 heteroatoms. The van der Waals surface area contributed by atoms with Gasteiger partial charge in [-0.05, 0) is 63.4 Å². The van der Waals surface area contributed by atoms with Crippen LogP contribution < -0.4 is 4.90 Å². The molecule has 1 N–H and O–H groups in total. The van der Waals surface area contributed by atoms with Crippen LogP contribution in [0.4, 0.5) is 17.2 Å². The van der Waals surface area contributed by atoms with Crippen LogP contribution >= 0.6 is 0 Å². The van der Waals surface area contributed by atoms with Gasteiger partial charge >= 0.3 is 0 Å². The number of aromatic hydroxyl groups is 1. The summed E-state index contributed by atoms with van der Waals surface area (Å²) in [6.07, 6.45) is 2.00. The topological polar surface area (TPSA) is 49.2 Å². The highest BCUT2D eigenvalue weighted by Crippen LogP contribution is 2.52. The Morgan fingerprint density at radius 1 is 0.732 bits per heavy atom. The van der Waals surface area contributed by atoms with Gasteiger partial charge in [0, 0.05) is 22.6 Å². The fourth-order valence-electron chi connectivity index (χ4n) is 6.10. The molecule has 0 unspecified atom stereocenters. The first-order valence-electron chi connectivity index (χ1n) is 14.4. The minimum atomic E-state index is -0.191. The SMILES string of the molecule is CC(C)(C)c1ccc(N2c3ccccc3C(C)(C)c3ccc(-c4ccc5c(C(C)(C)C)ccc(O)c5n4)cc32)nc1. The Kier molecular flexibility index (Phi) is 6.04. The minimum Gasteiger partial charge on any atom is -0.506 e. The highest BCUT2D eigenvalue weighted by atomic mass is 16.3. The molecule has 1 aliphatic heterocycles. The number of hydrogen-bond donors (Lipinski definition) is 1. The second kappa shape index (κ2) is 9.17. The van der Waals surface area contributed by atoms with Crippen LogP contribution in [0.3, 0.4) is 0 Å². The molecular formula is C37H39N3O. The lowest BCUT2D eigenvalue weighted by Gasteiger charge is -2.41. The summed E-state index contributed by atoms with van der Waals surface area (Å²) < 4.78 is 0. The summed E-state index contributed by atoms with van der Waals surface area (Å²) in [6.45, 7) is 17.8. The number of rotatable bonds is 2. The molecule has 3 aromatic carbocycles. The molecule has 0 aliphatic carbocycles. The molecule has 0 saturated heterocycles. The summed E-state index contributed by atoms with van der Waals surface area (Å²) in [5.41, 5.74) is 9.35. The van der Waals surface area contributed by atoms with Crippen LogP contribution in [0.1, 0.15) is 77.6 Å². The van der Waals surface area contributed by atoms with Gasteiger partial charge in [-0.25, -0.2) is 9.97 Å². The summed E-state index contributed by atoms with van der Waals surface area (Å²) in [4.78, 5) is 12.3. The maximum atomic E-state index is 10.8. The molecular weight excluding hydrogens is 502 g/mol. The van der Waals surface area contributed by atoms with E-state index < -0.39 is 0 Å². The number of fused-ring (bicyclic) bond motifs is 3. The zero-order chi connectivity index (χ0) is 29.3. The van der Waals surface area contributed by atoms with Gasteiger partial charge < -0.3 is 5.11 Å². The van der Waals surface area contributed by atoms with Crippen molar-refractivity contribution in [1.29, 1.82) is 0 Å². The van der Waals surface area contributed by atoms with Crippen LogP contribution in [0.5, 0.6) is 5.75 Å². The molecule has 5 aromatic rings. The first kappa shape index (κ1) is 27.0. The van der Waals surface area contributed by atoms with E-state index in [1.54, 1.807) is 6.07 Å². The number of phenolic OH excluding ortho intramolecular Hbond substituents is 1. The van der Waals surface area contributed by atoms with E-state index in [4.69, 9.17) is 9.97 Å².